The maximum atomic E-state index is 13.0. The summed E-state index contributed by atoms with van der Waals surface area (Å²) in [6, 6.07) is 0. The molecule has 1 N–H and O–H groups in total. The van der Waals surface area contributed by atoms with E-state index >= 15 is 0 Å². The van der Waals surface area contributed by atoms with Gasteiger partial charge in [-0.2, -0.15) is 61.1 Å². The molecule has 1 atom stereocenters. The number of hydrogen-bond acceptors (Lipinski definition) is 2. The third-order valence-corrected chi connectivity index (χ3v) is 3.70. The SMILES string of the molecule is CC(F)C(F)(F)C(F)(F)C(F)(F)C(F)(F)C(F)(F)C(F)(F)S(=O)(=O)O. The van der Waals surface area contributed by atoms with Gasteiger partial charge in [-0.15, -0.1) is 0 Å². The summed E-state index contributed by atoms with van der Waals surface area (Å²) in [4.78, 5) is 0. The van der Waals surface area contributed by atoms with Crippen molar-refractivity contribution in [3.8, 4) is 0 Å². The van der Waals surface area contributed by atoms with E-state index in [1.54, 1.807) is 0 Å². The average Bonchev–Trinajstić information content (AvgIpc) is 2.35. The summed E-state index contributed by atoms with van der Waals surface area (Å²) < 4.78 is 195. The van der Waals surface area contributed by atoms with Gasteiger partial charge in [0.2, 0.25) is 0 Å². The summed E-state index contributed by atoms with van der Waals surface area (Å²) >= 11 is 0. The van der Waals surface area contributed by atoms with E-state index in [0.29, 0.717) is 0 Å². The third kappa shape index (κ3) is 2.91. The molecule has 0 aromatic heterocycles. The van der Waals surface area contributed by atoms with E-state index in [2.05, 4.69) is 0 Å². The highest BCUT2D eigenvalue weighted by Crippen LogP contribution is 2.61. The van der Waals surface area contributed by atoms with Crippen LogP contribution in [0.5, 0.6) is 0 Å². The van der Waals surface area contributed by atoms with Gasteiger partial charge < -0.3 is 0 Å². The molecule has 0 radical (unpaired) electrons. The minimum absolute atomic E-state index is 0.562. The second kappa shape index (κ2) is 5.75. The monoisotopic (exact) mass is 428 g/mol. The Kier molecular flexibility index (Phi) is 5.52. The highest BCUT2D eigenvalue weighted by atomic mass is 32.2. The Bertz CT molecular complexity index is 609. The quantitative estimate of drug-likeness (QED) is 0.493. The number of alkyl halides is 13. The van der Waals surface area contributed by atoms with Gasteiger partial charge in [-0.3, -0.25) is 4.55 Å². The first-order valence-electron chi connectivity index (χ1n) is 5.32. The summed E-state index contributed by atoms with van der Waals surface area (Å²) in [5.41, 5.74) is 0. The largest absolute Gasteiger partial charge is 0.438 e. The molecule has 0 saturated heterocycles. The van der Waals surface area contributed by atoms with Crippen molar-refractivity contribution in [3.05, 3.63) is 0 Å². The summed E-state index contributed by atoms with van der Waals surface area (Å²) in [6.45, 7) is -0.562. The maximum absolute atomic E-state index is 13.0. The van der Waals surface area contributed by atoms with Crippen molar-refractivity contribution in [2.45, 2.75) is 48.0 Å². The smallest absolute Gasteiger partial charge is 0.281 e. The van der Waals surface area contributed by atoms with Crippen molar-refractivity contribution < 1.29 is 70.0 Å². The van der Waals surface area contributed by atoms with Crippen LogP contribution in [0.2, 0.25) is 0 Å². The Morgan fingerprint density at radius 3 is 1.20 bits per heavy atom. The van der Waals surface area contributed by atoms with Crippen LogP contribution in [0, 0.1) is 0 Å². The Balaban J connectivity index is 6.60. The van der Waals surface area contributed by atoms with Crippen molar-refractivity contribution in [2.75, 3.05) is 0 Å². The van der Waals surface area contributed by atoms with Gasteiger partial charge in [0.05, 0.1) is 0 Å². The number of hydrogen-bond donors (Lipinski definition) is 1. The molecule has 152 valence electrons. The molecule has 1 unspecified atom stereocenters. The Morgan fingerprint density at radius 1 is 0.680 bits per heavy atom. The van der Waals surface area contributed by atoms with Crippen molar-refractivity contribution in [3.63, 3.8) is 0 Å². The normalized spacial score (nSPS) is 17.6. The topological polar surface area (TPSA) is 54.4 Å². The Hall–Kier alpha value is -1.00. The molecule has 25 heavy (non-hydrogen) atoms. The lowest BCUT2D eigenvalue weighted by molar-refractivity contribution is -0.421. The van der Waals surface area contributed by atoms with Crippen LogP contribution in [0.3, 0.4) is 0 Å². The maximum Gasteiger partial charge on any atom is 0.438 e. The summed E-state index contributed by atoms with van der Waals surface area (Å²) in [6.07, 6.45) is -4.35. The molecule has 0 amide bonds. The summed E-state index contributed by atoms with van der Waals surface area (Å²) in [7, 11) is -7.60. The zero-order valence-electron chi connectivity index (χ0n) is 11.2. The molecular formula is C8H5F13O3S. The van der Waals surface area contributed by atoms with Gasteiger partial charge in [0, 0.05) is 0 Å². The van der Waals surface area contributed by atoms with Gasteiger partial charge in [-0.05, 0) is 6.92 Å². The van der Waals surface area contributed by atoms with Crippen molar-refractivity contribution in [2.24, 2.45) is 0 Å². The zero-order valence-corrected chi connectivity index (χ0v) is 12.0. The molecule has 0 aliphatic rings. The van der Waals surface area contributed by atoms with Crippen molar-refractivity contribution in [1.82, 2.24) is 0 Å². The lowest BCUT2D eigenvalue weighted by atomic mass is 9.92. The standard InChI is InChI=1S/C8H5F13O3S/c1-2(9)3(10,11)4(12,13)5(14,15)6(16,17)7(18,19)8(20,21)25(22,23)24/h2H,1H3,(H,22,23,24). The predicted molar refractivity (Wildman–Crippen MR) is 51.8 cm³/mol. The predicted octanol–water partition coefficient (Wildman–Crippen LogP) is 4.00. The lowest BCUT2D eigenvalue weighted by Crippen LogP contribution is -2.72. The van der Waals surface area contributed by atoms with Gasteiger partial charge in [-0.25, -0.2) is 4.39 Å². The first kappa shape index (κ1) is 24.0. The van der Waals surface area contributed by atoms with Crippen LogP contribution in [0.15, 0.2) is 0 Å². The fourth-order valence-corrected chi connectivity index (χ4v) is 1.65. The second-order valence-corrected chi connectivity index (χ2v) is 5.99. The summed E-state index contributed by atoms with van der Waals surface area (Å²) in [5, 5.41) is -7.50. The Labute approximate surface area is 129 Å². The molecule has 0 aliphatic carbocycles. The van der Waals surface area contributed by atoms with E-state index < -0.39 is 58.1 Å². The van der Waals surface area contributed by atoms with Crippen LogP contribution >= 0.6 is 0 Å². The van der Waals surface area contributed by atoms with E-state index in [1.165, 1.54) is 0 Å². The Morgan fingerprint density at radius 2 is 0.960 bits per heavy atom. The van der Waals surface area contributed by atoms with Crippen molar-refractivity contribution >= 4 is 10.1 Å². The molecule has 17 heteroatoms. The van der Waals surface area contributed by atoms with E-state index in [9.17, 15) is 65.5 Å². The molecule has 0 saturated carbocycles. The molecule has 0 bridgehead atoms. The first-order chi connectivity index (χ1) is 10.4. The third-order valence-electron chi connectivity index (χ3n) is 2.79. The van der Waals surface area contributed by atoms with Gasteiger partial charge in [0.25, 0.3) is 0 Å². The minimum atomic E-state index is -8.19. The van der Waals surface area contributed by atoms with Gasteiger partial charge >= 0.3 is 45.0 Å². The molecular weight excluding hydrogens is 423 g/mol. The lowest BCUT2D eigenvalue weighted by Gasteiger charge is -2.40. The molecule has 0 rings (SSSR count). The van der Waals surface area contributed by atoms with E-state index in [1.807, 2.05) is 0 Å². The van der Waals surface area contributed by atoms with Gasteiger partial charge in [0.15, 0.2) is 6.17 Å². The van der Waals surface area contributed by atoms with Crippen LogP contribution in [0.1, 0.15) is 6.92 Å². The van der Waals surface area contributed by atoms with Crippen LogP contribution in [0.25, 0.3) is 0 Å². The molecule has 0 aliphatic heterocycles. The average molecular weight is 428 g/mol. The first-order valence-corrected chi connectivity index (χ1v) is 6.76. The highest BCUT2D eigenvalue weighted by molar-refractivity contribution is 7.87. The molecule has 0 fully saturated rings. The fourth-order valence-electron chi connectivity index (χ4n) is 1.20. The molecule has 0 heterocycles. The van der Waals surface area contributed by atoms with Crippen molar-refractivity contribution in [1.29, 1.82) is 0 Å². The number of rotatable bonds is 7. The van der Waals surface area contributed by atoms with E-state index in [-0.39, 0.29) is 0 Å². The van der Waals surface area contributed by atoms with Crippen LogP contribution < -0.4 is 0 Å². The molecule has 0 spiro atoms. The number of halogens is 13. The molecule has 0 aromatic rings. The van der Waals surface area contributed by atoms with Gasteiger partial charge in [0.1, 0.15) is 0 Å². The summed E-state index contributed by atoms with van der Waals surface area (Å²) in [5.74, 6) is -38.8. The zero-order chi connectivity index (χ0) is 21.1. The van der Waals surface area contributed by atoms with E-state index in [4.69, 9.17) is 4.55 Å². The molecule has 3 nitrogen and oxygen atoms in total. The van der Waals surface area contributed by atoms with Crippen LogP contribution in [-0.4, -0.2) is 54.0 Å². The van der Waals surface area contributed by atoms with Crippen LogP contribution in [0.4, 0.5) is 57.1 Å². The fraction of sp³-hybridized carbons (Fsp3) is 1.00. The molecule has 0 aromatic carbocycles. The minimum Gasteiger partial charge on any atom is -0.281 e. The highest BCUT2D eigenvalue weighted by Gasteiger charge is 2.92. The van der Waals surface area contributed by atoms with E-state index in [0.717, 1.165) is 0 Å². The van der Waals surface area contributed by atoms with Gasteiger partial charge in [-0.1, -0.05) is 0 Å². The second-order valence-electron chi connectivity index (χ2n) is 4.53. The van der Waals surface area contributed by atoms with Crippen LogP contribution in [-0.2, 0) is 10.1 Å².